The van der Waals surface area contributed by atoms with Crippen LogP contribution in [0.1, 0.15) is 10.4 Å². The largest absolute Gasteiger partial charge is 0.437 e. The first-order valence-corrected chi connectivity index (χ1v) is 7.67. The smallest absolute Gasteiger partial charge is 0.345 e. The number of esters is 1. The Labute approximate surface area is 146 Å². The van der Waals surface area contributed by atoms with Gasteiger partial charge in [0.05, 0.1) is 5.56 Å². The van der Waals surface area contributed by atoms with Crippen molar-refractivity contribution in [3.05, 3.63) is 83.2 Å². The summed E-state index contributed by atoms with van der Waals surface area (Å²) in [6.07, 6.45) is 5.74. The molecule has 0 aliphatic heterocycles. The van der Waals surface area contributed by atoms with E-state index in [4.69, 9.17) is 9.15 Å². The molecule has 3 aromatic heterocycles. The van der Waals surface area contributed by atoms with Crippen LogP contribution in [0, 0.1) is 0 Å². The molecule has 0 aliphatic rings. The molecule has 0 bridgehead atoms. The molecule has 1 aromatic carbocycles. The summed E-state index contributed by atoms with van der Waals surface area (Å²) in [5.41, 5.74) is 1.00. The number of aromatic nitrogens is 3. The van der Waals surface area contributed by atoms with Crippen molar-refractivity contribution in [3.8, 4) is 17.1 Å². The zero-order valence-corrected chi connectivity index (χ0v) is 13.3. The number of benzene rings is 1. The number of hydrogen-bond acceptors (Lipinski definition) is 7. The zero-order chi connectivity index (χ0) is 17.9. The summed E-state index contributed by atoms with van der Waals surface area (Å²) in [7, 11) is 0. The zero-order valence-electron chi connectivity index (χ0n) is 13.3. The molecule has 126 valence electrons. The number of fused-ring (bicyclic) bond motifs is 1. The number of carbonyl (C=O) groups excluding carboxylic acids is 1. The summed E-state index contributed by atoms with van der Waals surface area (Å²) in [5, 5.41) is 0.318. The van der Waals surface area contributed by atoms with Crippen molar-refractivity contribution in [2.45, 2.75) is 0 Å². The molecular weight excluding hydrogens is 334 g/mol. The van der Waals surface area contributed by atoms with Gasteiger partial charge in [-0.3, -0.25) is 9.78 Å². The maximum absolute atomic E-state index is 12.1. The van der Waals surface area contributed by atoms with Crippen LogP contribution in [-0.2, 0) is 0 Å². The van der Waals surface area contributed by atoms with Crippen molar-refractivity contribution in [2.75, 3.05) is 0 Å². The third-order valence-corrected chi connectivity index (χ3v) is 3.66. The Hall–Kier alpha value is -3.87. The van der Waals surface area contributed by atoms with Crippen LogP contribution in [0.2, 0.25) is 0 Å². The molecule has 0 fully saturated rings. The molecule has 0 unspecified atom stereocenters. The van der Waals surface area contributed by atoms with E-state index in [-0.39, 0.29) is 11.1 Å². The fourth-order valence-corrected chi connectivity index (χ4v) is 2.38. The van der Waals surface area contributed by atoms with Crippen molar-refractivity contribution < 1.29 is 13.9 Å². The van der Waals surface area contributed by atoms with E-state index in [0.717, 1.165) is 0 Å². The summed E-state index contributed by atoms with van der Waals surface area (Å²) in [5.74, 6) is 0.235. The van der Waals surface area contributed by atoms with Crippen molar-refractivity contribution in [2.24, 2.45) is 0 Å². The molecule has 0 amide bonds. The van der Waals surface area contributed by atoms with Crippen LogP contribution in [0.3, 0.4) is 0 Å². The van der Waals surface area contributed by atoms with E-state index >= 15 is 0 Å². The number of hydrogen-bond donors (Lipinski definition) is 0. The SMILES string of the molecule is O=C(Oc1ccc(-c2cc(=O)c3cncnc3o2)cc1)c1cccnc1. The van der Waals surface area contributed by atoms with E-state index in [1.165, 1.54) is 24.8 Å². The third kappa shape index (κ3) is 3.05. The Balaban J connectivity index is 1.60. The number of carbonyl (C=O) groups is 1. The summed E-state index contributed by atoms with van der Waals surface area (Å²) in [4.78, 5) is 35.8. The fraction of sp³-hybridized carbons (Fsp3) is 0. The van der Waals surface area contributed by atoms with E-state index in [1.807, 2.05) is 0 Å². The van der Waals surface area contributed by atoms with Crippen molar-refractivity contribution in [3.63, 3.8) is 0 Å². The average molecular weight is 345 g/mol. The van der Waals surface area contributed by atoms with Crippen LogP contribution in [0.5, 0.6) is 5.75 Å². The number of nitrogens with zero attached hydrogens (tertiary/aromatic N) is 3. The minimum absolute atomic E-state index is 0.217. The van der Waals surface area contributed by atoms with Crippen molar-refractivity contribution >= 4 is 17.1 Å². The van der Waals surface area contributed by atoms with E-state index < -0.39 is 5.97 Å². The molecule has 0 aliphatic carbocycles. The van der Waals surface area contributed by atoms with Gasteiger partial charge in [-0.15, -0.1) is 0 Å². The Bertz CT molecular complexity index is 1140. The lowest BCUT2D eigenvalue weighted by atomic mass is 10.1. The average Bonchev–Trinajstić information content (AvgIpc) is 2.69. The second kappa shape index (κ2) is 6.56. The van der Waals surface area contributed by atoms with Crippen LogP contribution < -0.4 is 10.2 Å². The lowest BCUT2D eigenvalue weighted by Crippen LogP contribution is -2.08. The molecule has 0 atom stereocenters. The third-order valence-electron chi connectivity index (χ3n) is 3.66. The summed E-state index contributed by atoms with van der Waals surface area (Å²) < 4.78 is 10.9. The summed E-state index contributed by atoms with van der Waals surface area (Å²) in [6, 6.07) is 11.3. The molecule has 0 N–H and O–H groups in total. The first-order chi connectivity index (χ1) is 12.7. The minimum Gasteiger partial charge on any atom is -0.437 e. The van der Waals surface area contributed by atoms with Crippen molar-refractivity contribution in [1.82, 2.24) is 15.0 Å². The topological polar surface area (TPSA) is 95.2 Å². The van der Waals surface area contributed by atoms with Gasteiger partial charge in [-0.05, 0) is 36.4 Å². The van der Waals surface area contributed by atoms with Gasteiger partial charge in [0.15, 0.2) is 5.43 Å². The van der Waals surface area contributed by atoms with Gasteiger partial charge in [-0.25, -0.2) is 14.8 Å². The molecule has 0 saturated carbocycles. The van der Waals surface area contributed by atoms with Gasteiger partial charge in [0.25, 0.3) is 0 Å². The van der Waals surface area contributed by atoms with E-state index in [1.54, 1.807) is 42.6 Å². The molecule has 4 rings (SSSR count). The molecule has 4 aromatic rings. The second-order valence-corrected chi connectivity index (χ2v) is 5.37. The normalized spacial score (nSPS) is 10.6. The van der Waals surface area contributed by atoms with Gasteiger partial charge in [0.1, 0.15) is 23.2 Å². The Morgan fingerprint density at radius 2 is 1.88 bits per heavy atom. The van der Waals surface area contributed by atoms with Gasteiger partial charge in [0.2, 0.25) is 5.71 Å². The number of pyridine rings is 1. The maximum Gasteiger partial charge on any atom is 0.345 e. The van der Waals surface area contributed by atoms with Gasteiger partial charge in [0, 0.05) is 30.2 Å². The molecule has 7 heteroatoms. The van der Waals surface area contributed by atoms with Crippen LogP contribution in [0.25, 0.3) is 22.4 Å². The molecule has 3 heterocycles. The van der Waals surface area contributed by atoms with Crippen LogP contribution in [0.15, 0.2) is 76.6 Å². The highest BCUT2D eigenvalue weighted by Gasteiger charge is 2.10. The van der Waals surface area contributed by atoms with E-state index in [9.17, 15) is 9.59 Å². The maximum atomic E-state index is 12.1. The molecule has 0 radical (unpaired) electrons. The van der Waals surface area contributed by atoms with Crippen LogP contribution in [-0.4, -0.2) is 20.9 Å². The van der Waals surface area contributed by atoms with Gasteiger partial charge >= 0.3 is 5.97 Å². The van der Waals surface area contributed by atoms with Crippen molar-refractivity contribution in [1.29, 1.82) is 0 Å². The Kier molecular flexibility index (Phi) is 3.95. The fourth-order valence-electron chi connectivity index (χ4n) is 2.38. The number of ether oxygens (including phenoxy) is 1. The first kappa shape index (κ1) is 15.6. The van der Waals surface area contributed by atoms with Gasteiger partial charge in [-0.1, -0.05) is 0 Å². The molecular formula is C19H11N3O4. The monoisotopic (exact) mass is 345 g/mol. The van der Waals surface area contributed by atoms with Crippen LogP contribution in [0.4, 0.5) is 0 Å². The first-order valence-electron chi connectivity index (χ1n) is 7.67. The standard InChI is InChI=1S/C19H11N3O4/c23-16-8-17(26-18-15(16)10-21-11-22-18)12-3-5-14(6-4-12)25-19(24)13-2-1-7-20-9-13/h1-11H. The minimum atomic E-state index is -0.500. The molecule has 26 heavy (non-hydrogen) atoms. The van der Waals surface area contributed by atoms with E-state index in [2.05, 4.69) is 15.0 Å². The highest BCUT2D eigenvalue weighted by Crippen LogP contribution is 2.23. The highest BCUT2D eigenvalue weighted by molar-refractivity contribution is 5.90. The Morgan fingerprint density at radius 1 is 1.04 bits per heavy atom. The second-order valence-electron chi connectivity index (χ2n) is 5.37. The predicted molar refractivity (Wildman–Crippen MR) is 92.7 cm³/mol. The van der Waals surface area contributed by atoms with Gasteiger partial charge < -0.3 is 9.15 Å². The highest BCUT2D eigenvalue weighted by atomic mass is 16.5. The van der Waals surface area contributed by atoms with Gasteiger partial charge in [-0.2, -0.15) is 0 Å². The summed E-state index contributed by atoms with van der Waals surface area (Å²) in [6.45, 7) is 0. The predicted octanol–water partition coefficient (Wildman–Crippen LogP) is 2.86. The summed E-state index contributed by atoms with van der Waals surface area (Å²) >= 11 is 0. The molecule has 7 nitrogen and oxygen atoms in total. The Morgan fingerprint density at radius 3 is 2.65 bits per heavy atom. The molecule has 0 saturated heterocycles. The molecule has 0 spiro atoms. The van der Waals surface area contributed by atoms with Crippen LogP contribution >= 0.6 is 0 Å². The number of rotatable bonds is 3. The lowest BCUT2D eigenvalue weighted by Gasteiger charge is -2.06. The lowest BCUT2D eigenvalue weighted by molar-refractivity contribution is 0.0734. The van der Waals surface area contributed by atoms with E-state index in [0.29, 0.717) is 28.0 Å². The quantitative estimate of drug-likeness (QED) is 0.416.